The molecule has 0 radical (unpaired) electrons. The molecule has 3 aromatic rings. The predicted molar refractivity (Wildman–Crippen MR) is 159 cm³/mol. The van der Waals surface area contributed by atoms with Gasteiger partial charge < -0.3 is 14.7 Å². The highest BCUT2D eigenvalue weighted by Crippen LogP contribution is 2.36. The van der Waals surface area contributed by atoms with Crippen LogP contribution in [0.25, 0.3) is 5.76 Å². The number of hydrogen-bond acceptors (Lipinski definition) is 7. The fraction of sp³-hybridized carbons (Fsp3) is 0.324. The van der Waals surface area contributed by atoms with Crippen LogP contribution < -0.4 is 4.90 Å². The lowest BCUT2D eigenvalue weighted by Gasteiger charge is -2.28. The fourth-order valence-electron chi connectivity index (χ4n) is 5.92. The molecule has 1 aliphatic heterocycles. The Morgan fingerprint density at radius 1 is 1.00 bits per heavy atom. The molecule has 0 atom stereocenters. The molecule has 1 N–H and O–H groups in total. The van der Waals surface area contributed by atoms with E-state index < -0.39 is 29.1 Å². The SMILES string of the molecule is COC(=O)c1ccc(CC(=O)C2=C(O)c3cc(F)cc(N(C)Cc4ccccc4)c3CC2=O)c(CN2CCCCC2)c1. The first-order valence-electron chi connectivity index (χ1n) is 14.2. The van der Waals surface area contributed by atoms with Crippen molar-refractivity contribution < 1.29 is 28.6 Å². The molecule has 1 heterocycles. The molecule has 42 heavy (non-hydrogen) atoms. The number of hydrogen-bond donors (Lipinski definition) is 1. The van der Waals surface area contributed by atoms with E-state index in [0.717, 1.165) is 37.1 Å². The number of benzene rings is 3. The molecule has 0 unspecified atom stereocenters. The van der Waals surface area contributed by atoms with Crippen LogP contribution >= 0.6 is 0 Å². The van der Waals surface area contributed by atoms with E-state index in [0.29, 0.717) is 35.5 Å². The first-order valence-corrected chi connectivity index (χ1v) is 14.2. The van der Waals surface area contributed by atoms with Crippen LogP contribution in [0, 0.1) is 5.82 Å². The van der Waals surface area contributed by atoms with Crippen LogP contribution in [-0.2, 0) is 40.3 Å². The third-order valence-corrected chi connectivity index (χ3v) is 8.07. The smallest absolute Gasteiger partial charge is 0.337 e. The zero-order valence-electron chi connectivity index (χ0n) is 24.0. The van der Waals surface area contributed by atoms with Gasteiger partial charge in [-0.1, -0.05) is 42.8 Å². The monoisotopic (exact) mass is 570 g/mol. The lowest BCUT2D eigenvalue weighted by Crippen LogP contribution is -2.30. The molecular formula is C34H35FN2O5. The first kappa shape index (κ1) is 29.2. The Balaban J connectivity index is 1.46. The van der Waals surface area contributed by atoms with Crippen molar-refractivity contribution in [2.75, 3.05) is 32.1 Å². The molecule has 1 saturated heterocycles. The molecule has 0 aromatic heterocycles. The number of esters is 1. The van der Waals surface area contributed by atoms with E-state index in [1.807, 2.05) is 35.2 Å². The largest absolute Gasteiger partial charge is 0.506 e. The summed E-state index contributed by atoms with van der Waals surface area (Å²) in [7, 11) is 3.12. The summed E-state index contributed by atoms with van der Waals surface area (Å²) in [4.78, 5) is 43.3. The Morgan fingerprint density at radius 3 is 2.45 bits per heavy atom. The Kier molecular flexibility index (Phi) is 8.83. The Morgan fingerprint density at radius 2 is 1.74 bits per heavy atom. The van der Waals surface area contributed by atoms with Crippen molar-refractivity contribution in [1.29, 1.82) is 0 Å². The summed E-state index contributed by atoms with van der Waals surface area (Å²) in [5, 5.41) is 11.2. The standard InChI is InChI=1S/C34H35FN2O5/c1-36(20-22-9-5-3-6-10-22)29-18-26(35)17-28-27(29)19-31(39)32(33(28)40)30(38)16-23-11-12-24(34(41)42-2)15-25(23)21-37-13-7-4-8-14-37/h3,5-6,9-12,15,17-18,40H,4,7-8,13-14,16,19-21H2,1-2H3. The van der Waals surface area contributed by atoms with E-state index in [-0.39, 0.29) is 24.0 Å². The number of allylic oxidation sites excluding steroid dienone is 1. The predicted octanol–water partition coefficient (Wildman–Crippen LogP) is 5.44. The van der Waals surface area contributed by atoms with E-state index in [9.17, 15) is 23.9 Å². The Labute approximate surface area is 245 Å². The second kappa shape index (κ2) is 12.7. The van der Waals surface area contributed by atoms with Crippen LogP contribution in [0.5, 0.6) is 0 Å². The Bertz CT molecular complexity index is 1540. The van der Waals surface area contributed by atoms with Crippen molar-refractivity contribution in [2.45, 2.75) is 45.2 Å². The van der Waals surface area contributed by atoms with E-state index >= 15 is 0 Å². The zero-order chi connectivity index (χ0) is 29.8. The number of Topliss-reactive ketones (excluding diaryl/α,β-unsaturated/α-hetero) is 2. The van der Waals surface area contributed by atoms with Gasteiger partial charge in [-0.15, -0.1) is 0 Å². The van der Waals surface area contributed by atoms with Gasteiger partial charge in [-0.2, -0.15) is 0 Å². The van der Waals surface area contributed by atoms with Gasteiger partial charge in [-0.25, -0.2) is 9.18 Å². The van der Waals surface area contributed by atoms with E-state index in [4.69, 9.17) is 4.74 Å². The first-order chi connectivity index (χ1) is 20.2. The number of nitrogens with zero attached hydrogens (tertiary/aromatic N) is 2. The second-order valence-electron chi connectivity index (χ2n) is 11.0. The molecule has 8 heteroatoms. The van der Waals surface area contributed by atoms with Crippen LogP contribution in [0.2, 0.25) is 0 Å². The zero-order valence-corrected chi connectivity index (χ0v) is 24.0. The molecular weight excluding hydrogens is 535 g/mol. The van der Waals surface area contributed by atoms with E-state index in [1.165, 1.54) is 25.7 Å². The highest BCUT2D eigenvalue weighted by Gasteiger charge is 2.33. The van der Waals surface area contributed by atoms with Crippen LogP contribution in [0.3, 0.4) is 0 Å². The third kappa shape index (κ3) is 6.29. The topological polar surface area (TPSA) is 87.1 Å². The molecule has 1 aliphatic carbocycles. The van der Waals surface area contributed by atoms with E-state index in [2.05, 4.69) is 4.90 Å². The highest BCUT2D eigenvalue weighted by atomic mass is 19.1. The number of halogens is 1. The number of ether oxygens (including phenoxy) is 1. The fourth-order valence-corrected chi connectivity index (χ4v) is 5.92. The molecule has 5 rings (SSSR count). The van der Waals surface area contributed by atoms with Gasteiger partial charge in [0, 0.05) is 44.2 Å². The summed E-state index contributed by atoms with van der Waals surface area (Å²) >= 11 is 0. The van der Waals surface area contributed by atoms with E-state index in [1.54, 1.807) is 25.2 Å². The number of anilines is 1. The Hall–Kier alpha value is -4.30. The van der Waals surface area contributed by atoms with Crippen LogP contribution in [0.15, 0.2) is 66.2 Å². The molecule has 0 spiro atoms. The minimum atomic E-state index is -0.571. The second-order valence-corrected chi connectivity index (χ2v) is 11.0. The molecule has 3 aromatic carbocycles. The van der Waals surface area contributed by atoms with Crippen molar-refractivity contribution in [1.82, 2.24) is 4.90 Å². The van der Waals surface area contributed by atoms with Crippen LogP contribution in [0.4, 0.5) is 10.1 Å². The van der Waals surface area contributed by atoms with Gasteiger partial charge in [0.2, 0.25) is 0 Å². The van der Waals surface area contributed by atoms with Gasteiger partial charge >= 0.3 is 5.97 Å². The normalized spacial score (nSPS) is 15.4. The van der Waals surface area contributed by atoms with Gasteiger partial charge in [0.15, 0.2) is 11.6 Å². The summed E-state index contributed by atoms with van der Waals surface area (Å²) in [6.07, 6.45) is 3.07. The maximum atomic E-state index is 14.8. The number of carbonyl (C=O) groups is 3. The van der Waals surface area contributed by atoms with Crippen LogP contribution in [0.1, 0.15) is 57.4 Å². The van der Waals surface area contributed by atoms with Crippen molar-refractivity contribution in [3.8, 4) is 0 Å². The average Bonchev–Trinajstić information content (AvgIpc) is 2.98. The minimum Gasteiger partial charge on any atom is -0.506 e. The molecule has 0 amide bonds. The maximum absolute atomic E-state index is 14.8. The number of fused-ring (bicyclic) bond motifs is 1. The number of methoxy groups -OCH3 is 1. The number of piperidine rings is 1. The summed E-state index contributed by atoms with van der Waals surface area (Å²) in [5.74, 6) is -2.59. The van der Waals surface area contributed by atoms with Gasteiger partial charge in [0.25, 0.3) is 0 Å². The van der Waals surface area contributed by atoms with Gasteiger partial charge in [0.1, 0.15) is 17.1 Å². The molecule has 2 aliphatic rings. The van der Waals surface area contributed by atoms with Crippen molar-refractivity contribution in [3.63, 3.8) is 0 Å². The molecule has 1 fully saturated rings. The number of aliphatic hydroxyl groups excluding tert-OH is 1. The lowest BCUT2D eigenvalue weighted by molar-refractivity contribution is -0.120. The van der Waals surface area contributed by atoms with Gasteiger partial charge in [-0.05, 0) is 72.5 Å². The molecule has 0 saturated carbocycles. The highest BCUT2D eigenvalue weighted by molar-refractivity contribution is 6.27. The maximum Gasteiger partial charge on any atom is 0.337 e. The average molecular weight is 571 g/mol. The number of rotatable bonds is 9. The summed E-state index contributed by atoms with van der Waals surface area (Å²) in [6.45, 7) is 2.87. The molecule has 218 valence electrons. The summed E-state index contributed by atoms with van der Waals surface area (Å²) in [6, 6.07) is 17.2. The summed E-state index contributed by atoms with van der Waals surface area (Å²) < 4.78 is 19.7. The van der Waals surface area contributed by atoms with Crippen LogP contribution in [-0.4, -0.2) is 54.8 Å². The number of ketones is 2. The van der Waals surface area contributed by atoms with Gasteiger partial charge in [-0.3, -0.25) is 14.5 Å². The van der Waals surface area contributed by atoms with Crippen molar-refractivity contribution in [2.24, 2.45) is 0 Å². The molecule has 7 nitrogen and oxygen atoms in total. The molecule has 0 bridgehead atoms. The van der Waals surface area contributed by atoms with Crippen molar-refractivity contribution in [3.05, 3.63) is 105 Å². The third-order valence-electron chi connectivity index (χ3n) is 8.07. The minimum absolute atomic E-state index is 0.128. The van der Waals surface area contributed by atoms with Crippen molar-refractivity contribution >= 4 is 29.0 Å². The number of likely N-dealkylation sites (tertiary alicyclic amines) is 1. The number of aliphatic hydroxyl groups is 1. The number of carbonyl (C=O) groups excluding carboxylic acids is 3. The summed E-state index contributed by atoms with van der Waals surface area (Å²) in [5.41, 5.74) is 3.67. The lowest BCUT2D eigenvalue weighted by atomic mass is 9.84. The quantitative estimate of drug-likeness (QED) is 0.271. The van der Waals surface area contributed by atoms with Gasteiger partial charge in [0.05, 0.1) is 12.7 Å².